The van der Waals surface area contributed by atoms with Crippen LogP contribution in [0.25, 0.3) is 0 Å². The number of ether oxygens (including phenoxy) is 2. The third-order valence-corrected chi connectivity index (χ3v) is 8.56. The predicted octanol–water partition coefficient (Wildman–Crippen LogP) is 1.31. The minimum atomic E-state index is -3.92. The smallest absolute Gasteiger partial charge is 0.323 e. The summed E-state index contributed by atoms with van der Waals surface area (Å²) in [6.45, 7) is -0.234. The summed E-state index contributed by atoms with van der Waals surface area (Å²) in [7, 11) is -1.07. The number of carbonyl (C=O) groups is 2. The van der Waals surface area contributed by atoms with E-state index in [0.29, 0.717) is 12.2 Å². The first-order chi connectivity index (χ1) is 16.7. The van der Waals surface area contributed by atoms with Gasteiger partial charge in [0.2, 0.25) is 15.9 Å². The Morgan fingerprint density at radius 1 is 1.11 bits per heavy atom. The summed E-state index contributed by atoms with van der Waals surface area (Å²) in [5, 5.41) is 12.8. The first kappa shape index (κ1) is 25.0. The summed E-state index contributed by atoms with van der Waals surface area (Å²) in [4.78, 5) is 26.1. The maximum Gasteiger partial charge on any atom is 0.323 e. The van der Waals surface area contributed by atoms with Gasteiger partial charge in [-0.15, -0.1) is 0 Å². The minimum absolute atomic E-state index is 0.00453. The zero-order chi connectivity index (χ0) is 25.2. The van der Waals surface area contributed by atoms with Crippen LogP contribution in [0.2, 0.25) is 0 Å². The molecule has 188 valence electrons. The lowest BCUT2D eigenvalue weighted by Crippen LogP contribution is -2.60. The molecule has 2 aliphatic rings. The molecular formula is C24H29N3O7S. The van der Waals surface area contributed by atoms with Crippen molar-refractivity contribution in [2.45, 2.75) is 35.9 Å². The van der Waals surface area contributed by atoms with E-state index in [1.54, 1.807) is 6.07 Å². The Kier molecular flexibility index (Phi) is 7.02. The molecule has 35 heavy (non-hydrogen) atoms. The van der Waals surface area contributed by atoms with E-state index in [0.717, 1.165) is 5.56 Å². The molecule has 1 amide bonds. The molecule has 2 aromatic carbocycles. The van der Waals surface area contributed by atoms with E-state index in [2.05, 4.69) is 5.32 Å². The summed E-state index contributed by atoms with van der Waals surface area (Å²) < 4.78 is 38.7. The van der Waals surface area contributed by atoms with Crippen LogP contribution in [0.4, 0.5) is 0 Å². The number of carboxylic acids is 1. The summed E-state index contributed by atoms with van der Waals surface area (Å²) in [6.07, 6.45) is 0.923. The second-order valence-corrected chi connectivity index (χ2v) is 10.6. The molecule has 1 atom stereocenters. The summed E-state index contributed by atoms with van der Waals surface area (Å²) in [5.41, 5.74) is 0.0233. The van der Waals surface area contributed by atoms with Gasteiger partial charge in [0.05, 0.1) is 25.9 Å². The lowest BCUT2D eigenvalue weighted by atomic mass is 9.97. The van der Waals surface area contributed by atoms with Gasteiger partial charge in [0, 0.05) is 19.2 Å². The Bertz CT molecular complexity index is 1190. The zero-order valence-electron chi connectivity index (χ0n) is 19.6. The Balaban J connectivity index is 1.57. The number of hydrogen-bond donors (Lipinski definition) is 2. The molecule has 0 saturated carbocycles. The number of aliphatic carboxylic acids is 1. The molecule has 2 aliphatic heterocycles. The van der Waals surface area contributed by atoms with Gasteiger partial charge in [-0.3, -0.25) is 14.9 Å². The number of methoxy groups -OCH3 is 2. The molecule has 0 aromatic heterocycles. The lowest BCUT2D eigenvalue weighted by molar-refractivity contribution is -0.147. The first-order valence-electron chi connectivity index (χ1n) is 11.3. The third kappa shape index (κ3) is 4.84. The van der Waals surface area contributed by atoms with Crippen molar-refractivity contribution in [3.63, 3.8) is 0 Å². The monoisotopic (exact) mass is 503 g/mol. The summed E-state index contributed by atoms with van der Waals surface area (Å²) in [5.74, 6) is -0.814. The predicted molar refractivity (Wildman–Crippen MR) is 127 cm³/mol. The highest BCUT2D eigenvalue weighted by molar-refractivity contribution is 7.89. The Labute approximate surface area is 204 Å². The summed E-state index contributed by atoms with van der Waals surface area (Å²) >= 11 is 0. The van der Waals surface area contributed by atoms with Gasteiger partial charge in [-0.25, -0.2) is 8.42 Å². The second kappa shape index (κ2) is 9.84. The number of nitrogens with one attached hydrogen (secondary N) is 1. The number of benzene rings is 2. The van der Waals surface area contributed by atoms with Crippen molar-refractivity contribution in [1.29, 1.82) is 0 Å². The molecule has 1 unspecified atom stereocenters. The fourth-order valence-corrected chi connectivity index (χ4v) is 6.46. The maximum atomic E-state index is 13.5. The molecule has 10 nitrogen and oxygen atoms in total. The number of piperidine rings is 1. The summed E-state index contributed by atoms with van der Waals surface area (Å²) in [6, 6.07) is 13.5. The Morgan fingerprint density at radius 2 is 1.80 bits per heavy atom. The molecule has 4 rings (SSSR count). The molecule has 1 spiro atoms. The lowest BCUT2D eigenvalue weighted by Gasteiger charge is -2.43. The van der Waals surface area contributed by atoms with Crippen LogP contribution >= 0.6 is 0 Å². The van der Waals surface area contributed by atoms with Crippen LogP contribution in [0.5, 0.6) is 11.5 Å². The standard InChI is InChI=1S/C24H29N3O7S/c1-33-18-8-9-20(34-2)21(15-18)35(31,32)26-12-10-24(11-13-26)25-19(14-17-6-4-3-5-7-17)23(30)27(24)16-22(28)29/h3-9,15,19,25H,10-14,16H2,1-2H3,(H,28,29). The molecule has 2 fully saturated rings. The number of sulfonamides is 1. The fraction of sp³-hybridized carbons (Fsp3) is 0.417. The van der Waals surface area contributed by atoms with Crippen LogP contribution in [0, 0.1) is 0 Å². The van der Waals surface area contributed by atoms with Gasteiger partial charge in [-0.05, 0) is 37.0 Å². The SMILES string of the molecule is COc1ccc(OC)c(S(=O)(=O)N2CCC3(CC2)NC(Cc2ccccc2)C(=O)N3CC(=O)O)c1. The van der Waals surface area contributed by atoms with Crippen molar-refractivity contribution in [2.24, 2.45) is 0 Å². The van der Waals surface area contributed by atoms with Crippen molar-refractivity contribution >= 4 is 21.9 Å². The normalized spacial score (nSPS) is 20.2. The van der Waals surface area contributed by atoms with E-state index in [4.69, 9.17) is 9.47 Å². The molecule has 0 radical (unpaired) electrons. The minimum Gasteiger partial charge on any atom is -0.497 e. The van der Waals surface area contributed by atoms with E-state index in [9.17, 15) is 23.1 Å². The van der Waals surface area contributed by atoms with Crippen LogP contribution < -0.4 is 14.8 Å². The van der Waals surface area contributed by atoms with Crippen molar-refractivity contribution < 1.29 is 32.6 Å². The van der Waals surface area contributed by atoms with Gasteiger partial charge < -0.3 is 19.5 Å². The largest absolute Gasteiger partial charge is 0.497 e. The topological polar surface area (TPSA) is 125 Å². The molecule has 0 bridgehead atoms. The molecule has 2 aromatic rings. The molecule has 0 aliphatic carbocycles. The van der Waals surface area contributed by atoms with E-state index in [-0.39, 0.29) is 42.5 Å². The average Bonchev–Trinajstić information content (AvgIpc) is 3.09. The highest BCUT2D eigenvalue weighted by Crippen LogP contribution is 2.37. The highest BCUT2D eigenvalue weighted by Gasteiger charge is 2.53. The van der Waals surface area contributed by atoms with Crippen molar-refractivity contribution in [2.75, 3.05) is 33.9 Å². The van der Waals surface area contributed by atoms with Gasteiger partial charge in [0.1, 0.15) is 22.9 Å². The molecule has 11 heteroatoms. The first-order valence-corrected chi connectivity index (χ1v) is 12.7. The molecule has 2 N–H and O–H groups in total. The van der Waals surface area contributed by atoms with E-state index in [1.165, 1.54) is 35.6 Å². The van der Waals surface area contributed by atoms with Crippen LogP contribution in [0.1, 0.15) is 18.4 Å². The van der Waals surface area contributed by atoms with Gasteiger partial charge in [-0.1, -0.05) is 30.3 Å². The van der Waals surface area contributed by atoms with Crippen molar-refractivity contribution in [1.82, 2.24) is 14.5 Å². The van der Waals surface area contributed by atoms with Crippen molar-refractivity contribution in [3.05, 3.63) is 54.1 Å². The van der Waals surface area contributed by atoms with Gasteiger partial charge in [0.15, 0.2) is 0 Å². The maximum absolute atomic E-state index is 13.5. The van der Waals surface area contributed by atoms with E-state index in [1.807, 2.05) is 30.3 Å². The van der Waals surface area contributed by atoms with Gasteiger partial charge in [0.25, 0.3) is 0 Å². The molecule has 2 heterocycles. The average molecular weight is 504 g/mol. The van der Waals surface area contributed by atoms with Gasteiger partial charge in [-0.2, -0.15) is 4.31 Å². The number of hydrogen-bond acceptors (Lipinski definition) is 7. The number of carbonyl (C=O) groups excluding carboxylic acids is 1. The number of nitrogens with zero attached hydrogens (tertiary/aromatic N) is 2. The van der Waals surface area contributed by atoms with E-state index < -0.39 is 34.2 Å². The van der Waals surface area contributed by atoms with E-state index >= 15 is 0 Å². The second-order valence-electron chi connectivity index (χ2n) is 8.66. The van der Waals surface area contributed by atoms with Crippen LogP contribution in [0.3, 0.4) is 0 Å². The van der Waals surface area contributed by atoms with Crippen molar-refractivity contribution in [3.8, 4) is 11.5 Å². The van der Waals surface area contributed by atoms with Crippen LogP contribution in [-0.2, 0) is 26.0 Å². The molecular weight excluding hydrogens is 474 g/mol. The molecule has 2 saturated heterocycles. The number of amides is 1. The van der Waals surface area contributed by atoms with Crippen LogP contribution in [-0.4, -0.2) is 80.2 Å². The Morgan fingerprint density at radius 3 is 2.40 bits per heavy atom. The zero-order valence-corrected chi connectivity index (χ0v) is 20.5. The quantitative estimate of drug-likeness (QED) is 0.553. The number of carboxylic acid groups (broad SMARTS) is 1. The van der Waals surface area contributed by atoms with Crippen LogP contribution in [0.15, 0.2) is 53.4 Å². The third-order valence-electron chi connectivity index (χ3n) is 6.64. The number of rotatable bonds is 8. The van der Waals surface area contributed by atoms with Gasteiger partial charge >= 0.3 is 5.97 Å². The highest BCUT2D eigenvalue weighted by atomic mass is 32.2. The fourth-order valence-electron chi connectivity index (χ4n) is 4.85. The Hall–Kier alpha value is -3.15.